The van der Waals surface area contributed by atoms with E-state index < -0.39 is 5.97 Å². The number of rotatable bonds is 7. The molecule has 19 heavy (non-hydrogen) atoms. The number of carbonyl (C=O) groups is 2. The van der Waals surface area contributed by atoms with Crippen LogP contribution in [0.25, 0.3) is 0 Å². The lowest BCUT2D eigenvalue weighted by Crippen LogP contribution is -2.30. The summed E-state index contributed by atoms with van der Waals surface area (Å²) >= 11 is 0. The summed E-state index contributed by atoms with van der Waals surface area (Å²) in [6.07, 6.45) is 3.17. The zero-order valence-electron chi connectivity index (χ0n) is 11.6. The fraction of sp³-hybridized carbons (Fsp3) is 0.615. The molecule has 1 unspecified atom stereocenters. The number of carboxylic acids is 1. The van der Waals surface area contributed by atoms with Gasteiger partial charge in [0.2, 0.25) is 0 Å². The molecule has 0 saturated heterocycles. The lowest BCUT2D eigenvalue weighted by Gasteiger charge is -2.13. The SMILES string of the molecule is CCc1nn(C)cc1C(=O)NCC(CC)CC(=O)O. The van der Waals surface area contributed by atoms with Crippen LogP contribution in [0.5, 0.6) is 0 Å². The summed E-state index contributed by atoms with van der Waals surface area (Å²) in [6, 6.07) is 0. The van der Waals surface area contributed by atoms with Gasteiger partial charge in [-0.3, -0.25) is 14.3 Å². The van der Waals surface area contributed by atoms with Crippen LogP contribution in [0.1, 0.15) is 42.7 Å². The average molecular weight is 267 g/mol. The molecule has 1 rings (SSSR count). The first-order valence-corrected chi connectivity index (χ1v) is 6.50. The maximum absolute atomic E-state index is 12.0. The van der Waals surface area contributed by atoms with E-state index in [0.29, 0.717) is 18.5 Å². The van der Waals surface area contributed by atoms with Gasteiger partial charge in [-0.05, 0) is 12.3 Å². The van der Waals surface area contributed by atoms with Gasteiger partial charge in [0.05, 0.1) is 11.3 Å². The van der Waals surface area contributed by atoms with Crippen molar-refractivity contribution in [3.8, 4) is 0 Å². The van der Waals surface area contributed by atoms with E-state index in [9.17, 15) is 9.59 Å². The van der Waals surface area contributed by atoms with E-state index in [-0.39, 0.29) is 18.2 Å². The molecule has 0 aliphatic rings. The fourth-order valence-corrected chi connectivity index (χ4v) is 1.93. The summed E-state index contributed by atoms with van der Waals surface area (Å²) in [4.78, 5) is 22.7. The van der Waals surface area contributed by atoms with E-state index in [0.717, 1.165) is 12.1 Å². The fourth-order valence-electron chi connectivity index (χ4n) is 1.93. The van der Waals surface area contributed by atoms with Crippen molar-refractivity contribution in [1.29, 1.82) is 0 Å². The van der Waals surface area contributed by atoms with Crippen LogP contribution in [0.4, 0.5) is 0 Å². The zero-order chi connectivity index (χ0) is 14.4. The Kier molecular flexibility index (Phi) is 5.54. The number of hydrogen-bond donors (Lipinski definition) is 2. The topological polar surface area (TPSA) is 84.2 Å². The highest BCUT2D eigenvalue weighted by molar-refractivity contribution is 5.95. The van der Waals surface area contributed by atoms with Crippen molar-refractivity contribution in [2.45, 2.75) is 33.1 Å². The number of aromatic nitrogens is 2. The molecule has 0 aliphatic heterocycles. The highest BCUT2D eigenvalue weighted by Gasteiger charge is 2.16. The van der Waals surface area contributed by atoms with Gasteiger partial charge in [0.25, 0.3) is 5.91 Å². The molecule has 0 bridgehead atoms. The molecular weight excluding hydrogens is 246 g/mol. The second kappa shape index (κ2) is 6.92. The van der Waals surface area contributed by atoms with E-state index in [1.54, 1.807) is 17.9 Å². The van der Waals surface area contributed by atoms with Crippen molar-refractivity contribution < 1.29 is 14.7 Å². The predicted molar refractivity (Wildman–Crippen MR) is 71.0 cm³/mol. The van der Waals surface area contributed by atoms with Crippen LogP contribution in [-0.2, 0) is 18.3 Å². The normalized spacial score (nSPS) is 12.2. The second-order valence-electron chi connectivity index (χ2n) is 4.60. The molecule has 6 nitrogen and oxygen atoms in total. The van der Waals surface area contributed by atoms with E-state index in [4.69, 9.17) is 5.11 Å². The maximum Gasteiger partial charge on any atom is 0.303 e. The van der Waals surface area contributed by atoms with Crippen LogP contribution in [-0.4, -0.2) is 33.3 Å². The van der Waals surface area contributed by atoms with Gasteiger partial charge in [0.1, 0.15) is 0 Å². The molecule has 1 aromatic rings. The third-order valence-electron chi connectivity index (χ3n) is 3.08. The Bertz CT molecular complexity index is 454. The molecule has 0 spiro atoms. The number of hydrogen-bond acceptors (Lipinski definition) is 3. The average Bonchev–Trinajstić information content (AvgIpc) is 2.74. The Morgan fingerprint density at radius 1 is 1.47 bits per heavy atom. The van der Waals surface area contributed by atoms with Crippen LogP contribution in [0.3, 0.4) is 0 Å². The van der Waals surface area contributed by atoms with E-state index in [2.05, 4.69) is 10.4 Å². The number of nitrogens with zero attached hydrogens (tertiary/aromatic N) is 2. The molecule has 6 heteroatoms. The molecule has 106 valence electrons. The van der Waals surface area contributed by atoms with Crippen molar-refractivity contribution in [2.75, 3.05) is 6.54 Å². The largest absolute Gasteiger partial charge is 0.481 e. The summed E-state index contributed by atoms with van der Waals surface area (Å²) in [5.41, 5.74) is 1.32. The van der Waals surface area contributed by atoms with Gasteiger partial charge in [0, 0.05) is 26.2 Å². The van der Waals surface area contributed by atoms with Gasteiger partial charge >= 0.3 is 5.97 Å². The minimum atomic E-state index is -0.836. The smallest absolute Gasteiger partial charge is 0.303 e. The standard InChI is InChI=1S/C13H21N3O3/c1-4-9(6-12(17)18)7-14-13(19)10-8-16(3)15-11(10)5-2/h8-9H,4-7H2,1-3H3,(H,14,19)(H,17,18). The molecule has 1 aromatic heterocycles. The number of carboxylic acid groups (broad SMARTS) is 1. The monoisotopic (exact) mass is 267 g/mol. The molecular formula is C13H21N3O3. The number of amides is 1. The number of aliphatic carboxylic acids is 1. The third kappa shape index (κ3) is 4.39. The Morgan fingerprint density at radius 3 is 2.68 bits per heavy atom. The summed E-state index contributed by atoms with van der Waals surface area (Å²) < 4.78 is 1.61. The van der Waals surface area contributed by atoms with E-state index >= 15 is 0 Å². The molecule has 0 saturated carbocycles. The van der Waals surface area contributed by atoms with Crippen LogP contribution in [0.2, 0.25) is 0 Å². The zero-order valence-corrected chi connectivity index (χ0v) is 11.6. The molecule has 0 aliphatic carbocycles. The van der Waals surface area contributed by atoms with Gasteiger partial charge in [-0.15, -0.1) is 0 Å². The summed E-state index contributed by atoms with van der Waals surface area (Å²) in [5.74, 6) is -1.06. The first-order valence-electron chi connectivity index (χ1n) is 6.50. The molecule has 0 aromatic carbocycles. The Hall–Kier alpha value is -1.85. The predicted octanol–water partition coefficient (Wildman–Crippen LogP) is 1.21. The molecule has 1 amide bonds. The van der Waals surface area contributed by atoms with Crippen molar-refractivity contribution in [3.63, 3.8) is 0 Å². The van der Waals surface area contributed by atoms with Gasteiger partial charge in [0.15, 0.2) is 0 Å². The second-order valence-corrected chi connectivity index (χ2v) is 4.60. The van der Waals surface area contributed by atoms with Crippen LogP contribution in [0, 0.1) is 5.92 Å². The molecule has 0 radical (unpaired) electrons. The van der Waals surface area contributed by atoms with Gasteiger partial charge in [-0.2, -0.15) is 5.10 Å². The summed E-state index contributed by atoms with van der Waals surface area (Å²) in [7, 11) is 1.77. The van der Waals surface area contributed by atoms with Gasteiger partial charge < -0.3 is 10.4 Å². The highest BCUT2D eigenvalue weighted by Crippen LogP contribution is 2.09. The number of nitrogens with one attached hydrogen (secondary N) is 1. The lowest BCUT2D eigenvalue weighted by molar-refractivity contribution is -0.138. The number of carbonyl (C=O) groups excluding carboxylic acids is 1. The first-order chi connectivity index (χ1) is 8.97. The van der Waals surface area contributed by atoms with Gasteiger partial charge in [-0.25, -0.2) is 0 Å². The van der Waals surface area contributed by atoms with Crippen LogP contribution in [0.15, 0.2) is 6.20 Å². The summed E-state index contributed by atoms with van der Waals surface area (Å²) in [6.45, 7) is 4.24. The van der Waals surface area contributed by atoms with Gasteiger partial charge in [-0.1, -0.05) is 20.3 Å². The van der Waals surface area contributed by atoms with Crippen LogP contribution >= 0.6 is 0 Å². The lowest BCUT2D eigenvalue weighted by atomic mass is 10.0. The minimum absolute atomic E-state index is 0.0387. The van der Waals surface area contributed by atoms with Crippen molar-refractivity contribution >= 4 is 11.9 Å². The Labute approximate surface area is 112 Å². The molecule has 2 N–H and O–H groups in total. The third-order valence-corrected chi connectivity index (χ3v) is 3.08. The maximum atomic E-state index is 12.0. The van der Waals surface area contributed by atoms with Crippen molar-refractivity contribution in [1.82, 2.24) is 15.1 Å². The van der Waals surface area contributed by atoms with Crippen molar-refractivity contribution in [2.24, 2.45) is 13.0 Å². The first kappa shape index (κ1) is 15.2. The molecule has 1 atom stereocenters. The van der Waals surface area contributed by atoms with E-state index in [1.807, 2.05) is 13.8 Å². The quantitative estimate of drug-likeness (QED) is 0.777. The Morgan fingerprint density at radius 2 is 2.16 bits per heavy atom. The number of aryl methyl sites for hydroxylation is 2. The molecule has 1 heterocycles. The van der Waals surface area contributed by atoms with Crippen LogP contribution < -0.4 is 5.32 Å². The Balaban J connectivity index is 2.61. The van der Waals surface area contributed by atoms with E-state index in [1.165, 1.54) is 0 Å². The van der Waals surface area contributed by atoms with Crippen molar-refractivity contribution in [3.05, 3.63) is 17.5 Å². The highest BCUT2D eigenvalue weighted by atomic mass is 16.4. The molecule has 0 fully saturated rings. The minimum Gasteiger partial charge on any atom is -0.481 e. The summed E-state index contributed by atoms with van der Waals surface area (Å²) in [5, 5.41) is 15.8.